The largest absolute Gasteiger partial charge is 0.356 e. The first-order valence-corrected chi connectivity index (χ1v) is 8.59. The van der Waals surface area contributed by atoms with Crippen molar-refractivity contribution in [2.24, 2.45) is 5.92 Å². The molecule has 7 nitrogen and oxygen atoms in total. The Kier molecular flexibility index (Phi) is 3.92. The van der Waals surface area contributed by atoms with Gasteiger partial charge in [-0.3, -0.25) is 0 Å². The molecule has 0 radical (unpaired) electrons. The van der Waals surface area contributed by atoms with E-state index in [0.717, 1.165) is 55.1 Å². The second-order valence-electron chi connectivity index (χ2n) is 6.48. The van der Waals surface area contributed by atoms with Crippen molar-refractivity contribution < 1.29 is 4.52 Å². The lowest BCUT2D eigenvalue weighted by Gasteiger charge is -2.33. The van der Waals surface area contributed by atoms with Gasteiger partial charge in [0.25, 0.3) is 0 Å². The molecule has 0 saturated carbocycles. The highest BCUT2D eigenvalue weighted by Gasteiger charge is 2.25. The summed E-state index contributed by atoms with van der Waals surface area (Å²) in [6.45, 7) is 6.01. The lowest BCUT2D eigenvalue weighted by molar-refractivity contribution is 0.328. The fourth-order valence-corrected chi connectivity index (χ4v) is 3.62. The normalized spacial score (nSPS) is 18.4. The zero-order valence-corrected chi connectivity index (χ0v) is 14.1. The number of piperidine rings is 1. The molecule has 4 rings (SSSR count). The second kappa shape index (κ2) is 6.22. The van der Waals surface area contributed by atoms with E-state index in [-0.39, 0.29) is 0 Å². The van der Waals surface area contributed by atoms with Gasteiger partial charge in [0.15, 0.2) is 5.82 Å². The van der Waals surface area contributed by atoms with Crippen molar-refractivity contribution in [3.05, 3.63) is 29.8 Å². The Labute approximate surface area is 140 Å². The summed E-state index contributed by atoms with van der Waals surface area (Å²) < 4.78 is 5.29. The Morgan fingerprint density at radius 2 is 2.29 bits per heavy atom. The Hall–Kier alpha value is -2.44. The van der Waals surface area contributed by atoms with Crippen LogP contribution in [0.3, 0.4) is 0 Å². The van der Waals surface area contributed by atoms with Crippen molar-refractivity contribution in [2.75, 3.05) is 18.0 Å². The molecule has 3 aromatic rings. The molecule has 1 N–H and O–H groups in total. The molecule has 1 saturated heterocycles. The molecule has 4 heterocycles. The molecular formula is C17H22N6O. The minimum atomic E-state index is 0.507. The van der Waals surface area contributed by atoms with Crippen LogP contribution in [0.15, 0.2) is 17.0 Å². The molecule has 1 aliphatic rings. The highest BCUT2D eigenvalue weighted by Crippen LogP contribution is 2.30. The van der Waals surface area contributed by atoms with Gasteiger partial charge in [0.1, 0.15) is 17.8 Å². The van der Waals surface area contributed by atoms with Crippen molar-refractivity contribution in [3.63, 3.8) is 0 Å². The van der Waals surface area contributed by atoms with Gasteiger partial charge >= 0.3 is 0 Å². The molecule has 3 aromatic heterocycles. The van der Waals surface area contributed by atoms with Crippen molar-refractivity contribution in [3.8, 4) is 0 Å². The van der Waals surface area contributed by atoms with Crippen LogP contribution in [0, 0.1) is 12.8 Å². The van der Waals surface area contributed by atoms with Gasteiger partial charge in [-0.05, 0) is 37.7 Å². The summed E-state index contributed by atoms with van der Waals surface area (Å²) in [5, 5.41) is 5.05. The van der Waals surface area contributed by atoms with Gasteiger partial charge < -0.3 is 14.4 Å². The Bertz CT molecular complexity index is 839. The number of aromatic amines is 1. The standard InChI is InChI=1S/C17H22N6O/c1-3-13-8-18-16-15(13)17(20-10-19-16)23-6-4-5-12(9-23)7-14-21-11(2)22-24-14/h8,10,12H,3-7,9H2,1-2H3,(H,18,19,20)/t12-/m1/s1. The van der Waals surface area contributed by atoms with E-state index in [4.69, 9.17) is 4.52 Å². The van der Waals surface area contributed by atoms with Gasteiger partial charge in [-0.25, -0.2) is 9.97 Å². The van der Waals surface area contributed by atoms with E-state index in [9.17, 15) is 0 Å². The minimum Gasteiger partial charge on any atom is -0.356 e. The van der Waals surface area contributed by atoms with Crippen molar-refractivity contribution in [2.45, 2.75) is 39.5 Å². The molecule has 0 unspecified atom stereocenters. The maximum atomic E-state index is 5.29. The van der Waals surface area contributed by atoms with Crippen LogP contribution in [0.4, 0.5) is 5.82 Å². The molecule has 1 aliphatic heterocycles. The van der Waals surface area contributed by atoms with E-state index in [1.807, 2.05) is 13.1 Å². The zero-order valence-electron chi connectivity index (χ0n) is 14.1. The molecule has 1 fully saturated rings. The van der Waals surface area contributed by atoms with Crippen molar-refractivity contribution >= 4 is 16.9 Å². The van der Waals surface area contributed by atoms with Gasteiger partial charge in [-0.2, -0.15) is 4.98 Å². The molecule has 0 aliphatic carbocycles. The Morgan fingerprint density at radius 1 is 1.38 bits per heavy atom. The Balaban J connectivity index is 1.59. The first-order valence-electron chi connectivity index (χ1n) is 8.59. The number of hydrogen-bond acceptors (Lipinski definition) is 6. The predicted molar refractivity (Wildman–Crippen MR) is 90.9 cm³/mol. The third-order valence-electron chi connectivity index (χ3n) is 4.76. The van der Waals surface area contributed by atoms with Crippen LogP contribution < -0.4 is 4.90 Å². The number of nitrogens with one attached hydrogen (secondary N) is 1. The fraction of sp³-hybridized carbons (Fsp3) is 0.529. The molecule has 7 heteroatoms. The van der Waals surface area contributed by atoms with E-state index in [2.05, 4.69) is 36.9 Å². The number of fused-ring (bicyclic) bond motifs is 1. The lowest BCUT2D eigenvalue weighted by Crippen LogP contribution is -2.37. The average Bonchev–Trinajstić information content (AvgIpc) is 3.20. The van der Waals surface area contributed by atoms with E-state index in [0.29, 0.717) is 11.7 Å². The number of aryl methyl sites for hydroxylation is 2. The van der Waals surface area contributed by atoms with Gasteiger partial charge in [0.05, 0.1) is 5.39 Å². The SMILES string of the molecule is CCc1c[nH]c2ncnc(N3CCC[C@H](Cc4nc(C)no4)C3)c12. The van der Waals surface area contributed by atoms with Crippen LogP contribution in [0.5, 0.6) is 0 Å². The molecular weight excluding hydrogens is 304 g/mol. The molecule has 1 atom stereocenters. The molecule has 0 bridgehead atoms. The van der Waals surface area contributed by atoms with E-state index < -0.39 is 0 Å². The van der Waals surface area contributed by atoms with Gasteiger partial charge in [0.2, 0.25) is 5.89 Å². The Morgan fingerprint density at radius 3 is 3.08 bits per heavy atom. The van der Waals surface area contributed by atoms with Crippen molar-refractivity contribution in [1.82, 2.24) is 25.1 Å². The quantitative estimate of drug-likeness (QED) is 0.793. The van der Waals surface area contributed by atoms with Crippen LogP contribution in [0.1, 0.15) is 37.0 Å². The van der Waals surface area contributed by atoms with Crippen molar-refractivity contribution in [1.29, 1.82) is 0 Å². The predicted octanol–water partition coefficient (Wildman–Crippen LogP) is 2.67. The van der Waals surface area contributed by atoms with E-state index in [1.165, 1.54) is 12.0 Å². The number of aromatic nitrogens is 5. The summed E-state index contributed by atoms with van der Waals surface area (Å²) >= 11 is 0. The number of rotatable bonds is 4. The molecule has 24 heavy (non-hydrogen) atoms. The summed E-state index contributed by atoms with van der Waals surface area (Å²) in [6.07, 6.45) is 7.83. The zero-order chi connectivity index (χ0) is 16.5. The first-order chi connectivity index (χ1) is 11.7. The van der Waals surface area contributed by atoms with E-state index in [1.54, 1.807) is 6.33 Å². The third-order valence-corrected chi connectivity index (χ3v) is 4.76. The maximum absolute atomic E-state index is 5.29. The number of nitrogens with zero attached hydrogens (tertiary/aromatic N) is 5. The first kappa shape index (κ1) is 15.1. The summed E-state index contributed by atoms with van der Waals surface area (Å²) in [6, 6.07) is 0. The van der Waals surface area contributed by atoms with Gasteiger partial charge in [-0.1, -0.05) is 12.1 Å². The highest BCUT2D eigenvalue weighted by molar-refractivity contribution is 5.90. The lowest BCUT2D eigenvalue weighted by atomic mass is 9.94. The second-order valence-corrected chi connectivity index (χ2v) is 6.48. The number of anilines is 1. The molecule has 0 spiro atoms. The van der Waals surface area contributed by atoms with Crippen LogP contribution in [-0.2, 0) is 12.8 Å². The van der Waals surface area contributed by atoms with Crippen LogP contribution in [0.25, 0.3) is 11.0 Å². The summed E-state index contributed by atoms with van der Waals surface area (Å²) in [5.41, 5.74) is 2.20. The van der Waals surface area contributed by atoms with Crippen LogP contribution in [-0.4, -0.2) is 38.2 Å². The van der Waals surface area contributed by atoms with E-state index >= 15 is 0 Å². The number of hydrogen-bond donors (Lipinski definition) is 1. The van der Waals surface area contributed by atoms with Crippen LogP contribution in [0.2, 0.25) is 0 Å². The molecule has 0 amide bonds. The fourth-order valence-electron chi connectivity index (χ4n) is 3.62. The summed E-state index contributed by atoms with van der Waals surface area (Å²) in [4.78, 5) is 19.0. The third kappa shape index (κ3) is 2.74. The van der Waals surface area contributed by atoms with Crippen LogP contribution >= 0.6 is 0 Å². The summed E-state index contributed by atoms with van der Waals surface area (Å²) in [7, 11) is 0. The maximum Gasteiger partial charge on any atom is 0.226 e. The topological polar surface area (TPSA) is 83.7 Å². The highest BCUT2D eigenvalue weighted by atomic mass is 16.5. The minimum absolute atomic E-state index is 0.507. The average molecular weight is 326 g/mol. The number of H-pyrrole nitrogens is 1. The smallest absolute Gasteiger partial charge is 0.226 e. The van der Waals surface area contributed by atoms with Gasteiger partial charge in [-0.15, -0.1) is 0 Å². The van der Waals surface area contributed by atoms with Gasteiger partial charge in [0, 0.05) is 25.7 Å². The summed E-state index contributed by atoms with van der Waals surface area (Å²) in [5.74, 6) is 3.00. The molecule has 126 valence electrons. The monoisotopic (exact) mass is 326 g/mol. The molecule has 0 aromatic carbocycles.